The fourth-order valence-corrected chi connectivity index (χ4v) is 2.44. The average molecular weight is 250 g/mol. The van der Waals surface area contributed by atoms with Gasteiger partial charge in [-0.3, -0.25) is 0 Å². The SMILES string of the molecule is CCC(O)[C@@H](C1CC1(Cl)Cl)n1cncn1. The van der Waals surface area contributed by atoms with E-state index in [9.17, 15) is 5.11 Å². The highest BCUT2D eigenvalue weighted by molar-refractivity contribution is 6.50. The smallest absolute Gasteiger partial charge is 0.137 e. The number of aliphatic hydroxyl groups excluding tert-OH is 1. The van der Waals surface area contributed by atoms with Crippen LogP contribution < -0.4 is 0 Å². The van der Waals surface area contributed by atoms with Crippen LogP contribution in [-0.4, -0.2) is 30.3 Å². The highest BCUT2D eigenvalue weighted by Gasteiger charge is 2.57. The summed E-state index contributed by atoms with van der Waals surface area (Å²) in [5.41, 5.74) is 0. The standard InChI is InChI=1S/C9H13Cl2N3O/c1-2-7(15)8(6-3-9(6,10)11)14-5-12-4-13-14/h4-8,15H,2-3H2,1H3/t6?,7?,8-/m1/s1. The maximum Gasteiger partial charge on any atom is 0.137 e. The van der Waals surface area contributed by atoms with Gasteiger partial charge in [0.2, 0.25) is 0 Å². The van der Waals surface area contributed by atoms with E-state index in [-0.39, 0.29) is 12.0 Å². The van der Waals surface area contributed by atoms with E-state index >= 15 is 0 Å². The Hall–Kier alpha value is -0.320. The third-order valence-corrected chi connectivity index (χ3v) is 3.71. The van der Waals surface area contributed by atoms with E-state index in [1.807, 2.05) is 6.92 Å². The van der Waals surface area contributed by atoms with Crippen LogP contribution in [0.5, 0.6) is 0 Å². The monoisotopic (exact) mass is 249 g/mol. The van der Waals surface area contributed by atoms with E-state index < -0.39 is 10.4 Å². The zero-order valence-electron chi connectivity index (χ0n) is 8.35. The van der Waals surface area contributed by atoms with E-state index in [4.69, 9.17) is 23.2 Å². The Morgan fingerprint density at radius 3 is 2.73 bits per heavy atom. The van der Waals surface area contributed by atoms with Crippen molar-refractivity contribution in [1.82, 2.24) is 14.8 Å². The highest BCUT2D eigenvalue weighted by atomic mass is 35.5. The van der Waals surface area contributed by atoms with Crippen LogP contribution in [0.25, 0.3) is 0 Å². The summed E-state index contributed by atoms with van der Waals surface area (Å²) < 4.78 is 0.929. The van der Waals surface area contributed by atoms with Gasteiger partial charge in [-0.25, -0.2) is 9.67 Å². The van der Waals surface area contributed by atoms with Crippen LogP contribution in [-0.2, 0) is 0 Å². The zero-order chi connectivity index (χ0) is 11.1. The highest BCUT2D eigenvalue weighted by Crippen LogP contribution is 2.59. The molecule has 0 spiro atoms. The molecule has 2 unspecified atom stereocenters. The molecule has 4 nitrogen and oxygen atoms in total. The molecule has 84 valence electrons. The van der Waals surface area contributed by atoms with Gasteiger partial charge in [-0.05, 0) is 12.8 Å². The second kappa shape index (κ2) is 3.92. The van der Waals surface area contributed by atoms with E-state index in [2.05, 4.69) is 10.1 Å². The molecule has 0 radical (unpaired) electrons. The van der Waals surface area contributed by atoms with E-state index in [1.54, 1.807) is 11.0 Å². The summed E-state index contributed by atoms with van der Waals surface area (Å²) in [4.78, 5) is 3.87. The number of aromatic nitrogens is 3. The van der Waals surface area contributed by atoms with Crippen LogP contribution in [0, 0.1) is 5.92 Å². The summed E-state index contributed by atoms with van der Waals surface area (Å²) >= 11 is 12.0. The summed E-state index contributed by atoms with van der Waals surface area (Å²) in [7, 11) is 0. The second-order valence-electron chi connectivity index (χ2n) is 3.91. The van der Waals surface area contributed by atoms with Crippen molar-refractivity contribution in [3.8, 4) is 0 Å². The normalized spacial score (nSPS) is 27.3. The third kappa shape index (κ3) is 2.12. The van der Waals surface area contributed by atoms with Crippen LogP contribution in [0.15, 0.2) is 12.7 Å². The van der Waals surface area contributed by atoms with Gasteiger partial charge in [-0.1, -0.05) is 6.92 Å². The van der Waals surface area contributed by atoms with E-state index in [0.29, 0.717) is 12.8 Å². The number of aliphatic hydroxyl groups is 1. The predicted molar refractivity (Wildman–Crippen MR) is 57.9 cm³/mol. The molecule has 1 aromatic rings. The van der Waals surface area contributed by atoms with Gasteiger partial charge < -0.3 is 5.11 Å². The van der Waals surface area contributed by atoms with Gasteiger partial charge in [0.1, 0.15) is 17.0 Å². The van der Waals surface area contributed by atoms with E-state index in [1.165, 1.54) is 6.33 Å². The quantitative estimate of drug-likeness (QED) is 0.829. The van der Waals surface area contributed by atoms with Crippen molar-refractivity contribution < 1.29 is 5.11 Å². The molecule has 1 N–H and O–H groups in total. The lowest BCUT2D eigenvalue weighted by atomic mass is 10.0. The minimum atomic E-state index is -0.716. The Morgan fingerprint density at radius 2 is 2.33 bits per heavy atom. The fourth-order valence-electron chi connectivity index (χ4n) is 1.85. The van der Waals surface area contributed by atoms with Crippen molar-refractivity contribution >= 4 is 23.2 Å². The summed E-state index contributed by atoms with van der Waals surface area (Å²) in [5, 5.41) is 14.0. The first-order chi connectivity index (χ1) is 7.06. The third-order valence-electron chi connectivity index (χ3n) is 2.84. The average Bonchev–Trinajstić information content (AvgIpc) is 2.67. The van der Waals surface area contributed by atoms with Crippen LogP contribution >= 0.6 is 23.2 Å². The van der Waals surface area contributed by atoms with Crippen molar-refractivity contribution in [1.29, 1.82) is 0 Å². The number of hydrogen-bond donors (Lipinski definition) is 1. The van der Waals surface area contributed by atoms with Crippen LogP contribution in [0.2, 0.25) is 0 Å². The zero-order valence-corrected chi connectivity index (χ0v) is 9.86. The Balaban J connectivity index is 2.19. The maximum absolute atomic E-state index is 9.93. The fraction of sp³-hybridized carbons (Fsp3) is 0.778. The minimum absolute atomic E-state index is 0.0532. The lowest BCUT2D eigenvalue weighted by Gasteiger charge is -2.22. The van der Waals surface area contributed by atoms with Crippen molar-refractivity contribution in [3.05, 3.63) is 12.7 Å². The lowest BCUT2D eigenvalue weighted by molar-refractivity contribution is 0.0894. The van der Waals surface area contributed by atoms with Gasteiger partial charge in [-0.2, -0.15) is 5.10 Å². The van der Waals surface area contributed by atoms with Gasteiger partial charge in [-0.15, -0.1) is 23.2 Å². The molecule has 0 amide bonds. The number of hydrogen-bond acceptors (Lipinski definition) is 3. The van der Waals surface area contributed by atoms with Crippen molar-refractivity contribution in [2.75, 3.05) is 0 Å². The first-order valence-electron chi connectivity index (χ1n) is 4.96. The Labute approximate surface area is 98.2 Å². The number of alkyl halides is 2. The van der Waals surface area contributed by atoms with Gasteiger partial charge in [0.05, 0.1) is 12.1 Å². The Kier molecular flexibility index (Phi) is 2.92. The molecule has 15 heavy (non-hydrogen) atoms. The van der Waals surface area contributed by atoms with Crippen molar-refractivity contribution in [2.24, 2.45) is 5.92 Å². The molecular formula is C9H13Cl2N3O. The maximum atomic E-state index is 9.93. The van der Waals surface area contributed by atoms with Gasteiger partial charge >= 0.3 is 0 Å². The summed E-state index contributed by atoms with van der Waals surface area (Å²) in [6.07, 6.45) is 3.88. The summed E-state index contributed by atoms with van der Waals surface area (Å²) in [5.74, 6) is 0.0532. The molecule has 1 aliphatic carbocycles. The molecule has 1 aromatic heterocycles. The Bertz CT molecular complexity index is 328. The predicted octanol–water partition coefficient (Wildman–Crippen LogP) is 1.78. The largest absolute Gasteiger partial charge is 0.391 e. The van der Waals surface area contributed by atoms with Crippen LogP contribution in [0.3, 0.4) is 0 Å². The van der Waals surface area contributed by atoms with Crippen molar-refractivity contribution in [2.45, 2.75) is 36.2 Å². The first-order valence-corrected chi connectivity index (χ1v) is 5.72. The molecule has 1 fully saturated rings. The molecule has 1 aliphatic rings. The summed E-state index contributed by atoms with van der Waals surface area (Å²) in [6.45, 7) is 1.92. The minimum Gasteiger partial charge on any atom is -0.391 e. The van der Waals surface area contributed by atoms with Gasteiger partial charge in [0.25, 0.3) is 0 Å². The van der Waals surface area contributed by atoms with Crippen LogP contribution in [0.4, 0.5) is 0 Å². The number of rotatable bonds is 4. The number of halogens is 2. The summed E-state index contributed by atoms with van der Waals surface area (Å²) in [6, 6.07) is -0.174. The molecule has 1 heterocycles. The molecule has 0 bridgehead atoms. The molecule has 0 aromatic carbocycles. The Morgan fingerprint density at radius 1 is 1.67 bits per heavy atom. The molecule has 0 aliphatic heterocycles. The van der Waals surface area contributed by atoms with Crippen molar-refractivity contribution in [3.63, 3.8) is 0 Å². The van der Waals surface area contributed by atoms with E-state index in [0.717, 1.165) is 0 Å². The van der Waals surface area contributed by atoms with Crippen LogP contribution in [0.1, 0.15) is 25.8 Å². The molecule has 1 saturated carbocycles. The number of nitrogens with zero attached hydrogens (tertiary/aromatic N) is 3. The molecule has 2 rings (SSSR count). The van der Waals surface area contributed by atoms with Gasteiger partial charge in [0, 0.05) is 5.92 Å². The first kappa shape index (κ1) is 11.2. The second-order valence-corrected chi connectivity index (χ2v) is 5.46. The molecular weight excluding hydrogens is 237 g/mol. The molecule has 6 heteroatoms. The molecule has 3 atom stereocenters. The molecule has 0 saturated heterocycles. The topological polar surface area (TPSA) is 50.9 Å². The van der Waals surface area contributed by atoms with Gasteiger partial charge in [0.15, 0.2) is 0 Å². The lowest BCUT2D eigenvalue weighted by Crippen LogP contribution is -2.27.